The van der Waals surface area contributed by atoms with E-state index in [-0.39, 0.29) is 0 Å². The second-order valence-electron chi connectivity index (χ2n) is 1.53. The van der Waals surface area contributed by atoms with E-state index >= 15 is 0 Å². The van der Waals surface area contributed by atoms with E-state index in [2.05, 4.69) is 15.7 Å². The van der Waals surface area contributed by atoms with Gasteiger partial charge in [-0.15, -0.1) is 0 Å². The lowest BCUT2D eigenvalue weighted by atomic mass is 10.5. The van der Waals surface area contributed by atoms with Gasteiger partial charge in [-0.25, -0.2) is 10.2 Å². The average molecular weight is 148 g/mol. The van der Waals surface area contributed by atoms with Crippen LogP contribution in [0.15, 0.2) is 0 Å². The highest BCUT2D eigenvalue weighted by Crippen LogP contribution is 1.78. The zero-order valence-electron chi connectivity index (χ0n) is 5.81. The van der Waals surface area contributed by atoms with Crippen molar-refractivity contribution in [2.45, 2.75) is 13.3 Å². The van der Waals surface area contributed by atoms with Crippen LogP contribution in [0.5, 0.6) is 0 Å². The van der Waals surface area contributed by atoms with Crippen molar-refractivity contribution in [1.29, 1.82) is 0 Å². The molecule has 10 heavy (non-hydrogen) atoms. The molecule has 0 aliphatic heterocycles. The van der Waals surface area contributed by atoms with Crippen molar-refractivity contribution < 1.29 is 9.53 Å². The molecule has 0 aromatic carbocycles. The highest BCUT2D eigenvalue weighted by atomic mass is 16.6. The fourth-order valence-electron chi connectivity index (χ4n) is 0.318. The molecule has 5 N–H and O–H groups in total. The fraction of sp³-hybridized carbons (Fsp3) is 0.750. The maximum absolute atomic E-state index is 10.5. The van der Waals surface area contributed by atoms with Gasteiger partial charge in [0.05, 0.1) is 6.61 Å². The first-order valence-electron chi connectivity index (χ1n) is 2.94. The van der Waals surface area contributed by atoms with Crippen LogP contribution in [0.25, 0.3) is 0 Å². The van der Waals surface area contributed by atoms with E-state index in [1.54, 1.807) is 0 Å². The molecule has 0 spiro atoms. The zero-order chi connectivity index (χ0) is 7.82. The molecule has 0 rings (SSSR count). The Morgan fingerprint density at radius 1 is 1.70 bits per heavy atom. The number of rotatable bonds is 4. The third-order valence-electron chi connectivity index (χ3n) is 0.674. The van der Waals surface area contributed by atoms with Gasteiger partial charge in [-0.05, 0) is 6.42 Å². The Hall–Kier alpha value is -0.850. The maximum Gasteiger partial charge on any atom is 0.422 e. The molecule has 0 bridgehead atoms. The monoisotopic (exact) mass is 148 g/mol. The molecule has 0 aromatic heterocycles. The number of hydrogen-bond acceptors (Lipinski definition) is 5. The summed E-state index contributed by atoms with van der Waals surface area (Å²) in [7, 11) is 0. The molecule has 0 aromatic rings. The number of amides is 1. The number of nitrogens with two attached hydrogens (primary N) is 1. The van der Waals surface area contributed by atoms with Gasteiger partial charge in [0.25, 0.3) is 0 Å². The number of carbonyl (C=O) groups excluding carboxylic acids is 1. The van der Waals surface area contributed by atoms with Crippen LogP contribution in [-0.4, -0.2) is 12.7 Å². The van der Waals surface area contributed by atoms with Crippen LogP contribution in [0.3, 0.4) is 0 Å². The van der Waals surface area contributed by atoms with E-state index < -0.39 is 6.09 Å². The predicted octanol–water partition coefficient (Wildman–Crippen LogP) is -0.994. The van der Waals surface area contributed by atoms with Crippen molar-refractivity contribution in [3.8, 4) is 0 Å². The zero-order valence-corrected chi connectivity index (χ0v) is 5.81. The van der Waals surface area contributed by atoms with Crippen LogP contribution >= 0.6 is 0 Å². The maximum atomic E-state index is 10.5. The number of ether oxygens (including phenoxy) is 1. The summed E-state index contributed by atoms with van der Waals surface area (Å²) in [6.07, 6.45) is 0.239. The fourth-order valence-corrected chi connectivity index (χ4v) is 0.318. The molecule has 0 aliphatic rings. The minimum atomic E-state index is -0.556. The van der Waals surface area contributed by atoms with Gasteiger partial charge in [-0.1, -0.05) is 6.92 Å². The minimum absolute atomic E-state index is 0.401. The number of carbonyl (C=O) groups is 1. The van der Waals surface area contributed by atoms with Crippen molar-refractivity contribution in [1.82, 2.24) is 16.5 Å². The number of nitrogens with one attached hydrogen (secondary N) is 3. The summed E-state index contributed by atoms with van der Waals surface area (Å²) in [5.41, 5.74) is 6.29. The van der Waals surface area contributed by atoms with Gasteiger partial charge in [0, 0.05) is 0 Å². The first-order valence-corrected chi connectivity index (χ1v) is 2.94. The molecule has 0 aliphatic carbocycles. The molecule has 1 amide bonds. The Bertz CT molecular complexity index is 87.3. The van der Waals surface area contributed by atoms with Crippen LogP contribution in [-0.2, 0) is 4.74 Å². The Kier molecular flexibility index (Phi) is 5.74. The predicted molar refractivity (Wildman–Crippen MR) is 35.2 cm³/mol. The van der Waals surface area contributed by atoms with Crippen molar-refractivity contribution in [2.75, 3.05) is 6.61 Å². The molecule has 0 atom stereocenters. The van der Waals surface area contributed by atoms with Crippen molar-refractivity contribution >= 4 is 6.09 Å². The Morgan fingerprint density at radius 3 is 2.90 bits per heavy atom. The van der Waals surface area contributed by atoms with Gasteiger partial charge in [-0.2, -0.15) is 11.1 Å². The molecule has 60 valence electrons. The molecule has 0 saturated carbocycles. The molecular weight excluding hydrogens is 136 g/mol. The standard InChI is InChI=1S/C4H12N4O2/c1-2-3-10-4(9)6-8-7-5/h7-8H,2-3,5H2,1H3,(H,6,9). The van der Waals surface area contributed by atoms with Gasteiger partial charge in [-0.3, -0.25) is 5.84 Å². The first-order chi connectivity index (χ1) is 4.81. The molecule has 0 fully saturated rings. The van der Waals surface area contributed by atoms with Crippen LogP contribution in [0.4, 0.5) is 4.79 Å². The second kappa shape index (κ2) is 6.27. The normalized spacial score (nSPS) is 9.00. The quantitative estimate of drug-likeness (QED) is 0.303. The smallest absolute Gasteiger partial charge is 0.422 e. The second-order valence-corrected chi connectivity index (χ2v) is 1.53. The molecule has 0 radical (unpaired) electrons. The van der Waals surface area contributed by atoms with E-state index in [9.17, 15) is 4.79 Å². The van der Waals surface area contributed by atoms with Gasteiger partial charge in [0.1, 0.15) is 0 Å². The minimum Gasteiger partial charge on any atom is -0.449 e. The first kappa shape index (κ1) is 9.15. The lowest BCUT2D eigenvalue weighted by Crippen LogP contribution is -2.50. The summed E-state index contributed by atoms with van der Waals surface area (Å²) in [5.74, 6) is 4.77. The van der Waals surface area contributed by atoms with Crippen LogP contribution in [0, 0.1) is 0 Å². The molecule has 6 heteroatoms. The SMILES string of the molecule is CCCOC(=O)NNNN. The van der Waals surface area contributed by atoms with Crippen LogP contribution in [0.2, 0.25) is 0 Å². The van der Waals surface area contributed by atoms with Crippen molar-refractivity contribution in [3.63, 3.8) is 0 Å². The van der Waals surface area contributed by atoms with Gasteiger partial charge in [0.2, 0.25) is 0 Å². The molecule has 0 saturated heterocycles. The number of hydrogen-bond donors (Lipinski definition) is 4. The van der Waals surface area contributed by atoms with Gasteiger partial charge < -0.3 is 4.74 Å². The Balaban J connectivity index is 3.09. The van der Waals surface area contributed by atoms with Crippen molar-refractivity contribution in [3.05, 3.63) is 0 Å². The highest BCUT2D eigenvalue weighted by molar-refractivity contribution is 5.66. The van der Waals surface area contributed by atoms with Gasteiger partial charge >= 0.3 is 6.09 Å². The Morgan fingerprint density at radius 2 is 2.40 bits per heavy atom. The van der Waals surface area contributed by atoms with E-state index in [1.165, 1.54) is 0 Å². The lowest BCUT2D eigenvalue weighted by Gasteiger charge is -2.04. The summed E-state index contributed by atoms with van der Waals surface area (Å²) >= 11 is 0. The number of hydrazine groups is 3. The van der Waals surface area contributed by atoms with E-state index in [4.69, 9.17) is 5.84 Å². The van der Waals surface area contributed by atoms with E-state index in [0.29, 0.717) is 6.61 Å². The summed E-state index contributed by atoms with van der Waals surface area (Å²) in [4.78, 5) is 10.5. The van der Waals surface area contributed by atoms with E-state index in [1.807, 2.05) is 12.5 Å². The molecule has 0 heterocycles. The van der Waals surface area contributed by atoms with Crippen molar-refractivity contribution in [2.24, 2.45) is 5.84 Å². The third kappa shape index (κ3) is 5.29. The summed E-state index contributed by atoms with van der Waals surface area (Å²) in [5, 5.41) is 0. The van der Waals surface area contributed by atoms with Crippen LogP contribution in [0.1, 0.15) is 13.3 Å². The topological polar surface area (TPSA) is 88.4 Å². The summed E-state index contributed by atoms with van der Waals surface area (Å²) in [6.45, 7) is 2.31. The average Bonchev–Trinajstić information content (AvgIpc) is 1.97. The highest BCUT2D eigenvalue weighted by Gasteiger charge is 1.96. The van der Waals surface area contributed by atoms with Gasteiger partial charge in [0.15, 0.2) is 0 Å². The lowest BCUT2D eigenvalue weighted by molar-refractivity contribution is 0.139. The summed E-state index contributed by atoms with van der Waals surface area (Å²) in [6, 6.07) is 0. The Labute approximate surface area is 59.0 Å². The molecular formula is C4H12N4O2. The third-order valence-corrected chi connectivity index (χ3v) is 0.674. The largest absolute Gasteiger partial charge is 0.449 e. The summed E-state index contributed by atoms with van der Waals surface area (Å²) < 4.78 is 4.59. The molecule has 0 unspecified atom stereocenters. The van der Waals surface area contributed by atoms with Crippen LogP contribution < -0.4 is 22.3 Å². The van der Waals surface area contributed by atoms with E-state index in [0.717, 1.165) is 6.42 Å². The molecule has 6 nitrogen and oxygen atoms in total.